The standard InChI is InChI=1S/C19H24N4O2/c1-19(9-3-4-10-19)15-12-16(23-25-15)21-18(24)22-17(13-7-8-13)14-6-2-5-11-20-14/h2,5-6,11-13,17H,3-4,7-10H2,1H3,(H2,21,22,23,24). The molecule has 0 aliphatic heterocycles. The van der Waals surface area contributed by atoms with Crippen molar-refractivity contribution in [2.45, 2.75) is 56.9 Å². The van der Waals surface area contributed by atoms with Gasteiger partial charge < -0.3 is 9.84 Å². The normalized spacial score (nSPS) is 20.2. The number of anilines is 1. The Labute approximate surface area is 147 Å². The molecule has 0 bridgehead atoms. The second kappa shape index (κ2) is 6.50. The van der Waals surface area contributed by atoms with Gasteiger partial charge in [-0.3, -0.25) is 10.3 Å². The molecular formula is C19H24N4O2. The molecule has 2 aromatic heterocycles. The molecule has 25 heavy (non-hydrogen) atoms. The van der Waals surface area contributed by atoms with Gasteiger partial charge in [0.15, 0.2) is 5.82 Å². The Morgan fingerprint density at radius 1 is 1.32 bits per heavy atom. The highest BCUT2D eigenvalue weighted by Crippen LogP contribution is 2.42. The molecule has 2 saturated carbocycles. The predicted octanol–water partition coefficient (Wildman–Crippen LogP) is 4.17. The Hall–Kier alpha value is -2.37. The van der Waals surface area contributed by atoms with Crippen molar-refractivity contribution in [3.63, 3.8) is 0 Å². The number of carbonyl (C=O) groups is 1. The van der Waals surface area contributed by atoms with Crippen molar-refractivity contribution in [2.75, 3.05) is 5.32 Å². The maximum Gasteiger partial charge on any atom is 0.321 e. The number of hydrogen-bond acceptors (Lipinski definition) is 4. The molecule has 6 nitrogen and oxygen atoms in total. The van der Waals surface area contributed by atoms with Crippen molar-refractivity contribution in [1.82, 2.24) is 15.5 Å². The first-order valence-electron chi connectivity index (χ1n) is 9.10. The molecule has 0 saturated heterocycles. The molecule has 132 valence electrons. The minimum absolute atomic E-state index is 0.0495. The van der Waals surface area contributed by atoms with Crippen LogP contribution in [0.2, 0.25) is 0 Å². The van der Waals surface area contributed by atoms with Crippen LogP contribution in [-0.2, 0) is 5.41 Å². The summed E-state index contributed by atoms with van der Waals surface area (Å²) in [6, 6.07) is 7.33. The molecular weight excluding hydrogens is 316 g/mol. The number of amides is 2. The van der Waals surface area contributed by atoms with E-state index in [1.165, 1.54) is 12.8 Å². The predicted molar refractivity (Wildman–Crippen MR) is 94.2 cm³/mol. The van der Waals surface area contributed by atoms with E-state index in [2.05, 4.69) is 27.7 Å². The summed E-state index contributed by atoms with van der Waals surface area (Å²) in [6.07, 6.45) is 8.65. The van der Waals surface area contributed by atoms with E-state index >= 15 is 0 Å². The molecule has 2 amide bonds. The van der Waals surface area contributed by atoms with Crippen LogP contribution in [0.25, 0.3) is 0 Å². The molecule has 2 aromatic rings. The number of hydrogen-bond donors (Lipinski definition) is 2. The second-order valence-electron chi connectivity index (χ2n) is 7.51. The van der Waals surface area contributed by atoms with E-state index in [0.717, 1.165) is 37.1 Å². The first kappa shape index (κ1) is 16.1. The fourth-order valence-electron chi connectivity index (χ4n) is 3.74. The van der Waals surface area contributed by atoms with Crippen molar-refractivity contribution >= 4 is 11.8 Å². The van der Waals surface area contributed by atoms with E-state index in [9.17, 15) is 4.79 Å². The van der Waals surface area contributed by atoms with Gasteiger partial charge in [0.2, 0.25) is 0 Å². The molecule has 2 aliphatic carbocycles. The number of carbonyl (C=O) groups excluding carboxylic acids is 1. The van der Waals surface area contributed by atoms with Crippen LogP contribution < -0.4 is 10.6 Å². The van der Waals surface area contributed by atoms with Gasteiger partial charge in [-0.05, 0) is 43.7 Å². The highest BCUT2D eigenvalue weighted by atomic mass is 16.5. The number of nitrogens with zero attached hydrogens (tertiary/aromatic N) is 2. The lowest BCUT2D eigenvalue weighted by molar-refractivity contribution is 0.246. The molecule has 2 N–H and O–H groups in total. The maximum atomic E-state index is 12.4. The summed E-state index contributed by atoms with van der Waals surface area (Å²) in [7, 11) is 0. The van der Waals surface area contributed by atoms with Gasteiger partial charge in [-0.2, -0.15) is 0 Å². The first-order valence-corrected chi connectivity index (χ1v) is 9.10. The third-order valence-corrected chi connectivity index (χ3v) is 5.44. The SMILES string of the molecule is CC1(c2cc(NC(=O)NC(c3ccccn3)C3CC3)no2)CCCC1. The van der Waals surface area contributed by atoms with Crippen molar-refractivity contribution in [2.24, 2.45) is 5.92 Å². The highest BCUT2D eigenvalue weighted by molar-refractivity contribution is 5.88. The molecule has 0 radical (unpaired) electrons. The maximum absolute atomic E-state index is 12.4. The van der Waals surface area contributed by atoms with Gasteiger partial charge in [-0.15, -0.1) is 0 Å². The highest BCUT2D eigenvalue weighted by Gasteiger charge is 2.36. The topological polar surface area (TPSA) is 80.0 Å². The van der Waals surface area contributed by atoms with Crippen LogP contribution >= 0.6 is 0 Å². The quantitative estimate of drug-likeness (QED) is 0.856. The van der Waals surface area contributed by atoms with Crippen molar-refractivity contribution < 1.29 is 9.32 Å². The lowest BCUT2D eigenvalue weighted by Crippen LogP contribution is -2.34. The lowest BCUT2D eigenvalue weighted by Gasteiger charge is -2.18. The second-order valence-corrected chi connectivity index (χ2v) is 7.51. The summed E-state index contributed by atoms with van der Waals surface area (Å²) in [5.74, 6) is 1.80. The van der Waals surface area contributed by atoms with E-state index < -0.39 is 0 Å². The van der Waals surface area contributed by atoms with E-state index in [4.69, 9.17) is 4.52 Å². The van der Waals surface area contributed by atoms with Gasteiger partial charge in [0.1, 0.15) is 5.76 Å². The van der Waals surface area contributed by atoms with Gasteiger partial charge in [0.25, 0.3) is 0 Å². The summed E-state index contributed by atoms with van der Waals surface area (Å²) >= 11 is 0. The van der Waals surface area contributed by atoms with Crippen LogP contribution in [0.15, 0.2) is 35.0 Å². The van der Waals surface area contributed by atoms with Gasteiger partial charge in [0.05, 0.1) is 11.7 Å². The number of pyridine rings is 1. The minimum Gasteiger partial charge on any atom is -0.359 e. The third-order valence-electron chi connectivity index (χ3n) is 5.44. The molecule has 4 rings (SSSR count). The average molecular weight is 340 g/mol. The Kier molecular flexibility index (Phi) is 4.19. The molecule has 0 aromatic carbocycles. The zero-order chi connectivity index (χ0) is 17.3. The monoisotopic (exact) mass is 340 g/mol. The summed E-state index contributed by atoms with van der Waals surface area (Å²) in [5, 5.41) is 9.86. The van der Waals surface area contributed by atoms with Crippen LogP contribution in [0.1, 0.15) is 62.9 Å². The Morgan fingerprint density at radius 3 is 2.80 bits per heavy atom. The van der Waals surface area contributed by atoms with Gasteiger partial charge in [-0.1, -0.05) is 31.0 Å². The summed E-state index contributed by atoms with van der Waals surface area (Å²) in [5.41, 5.74) is 0.952. The Balaban J connectivity index is 1.41. The van der Waals surface area contributed by atoms with Crippen LogP contribution in [0.4, 0.5) is 10.6 Å². The number of nitrogens with one attached hydrogen (secondary N) is 2. The smallest absolute Gasteiger partial charge is 0.321 e. The first-order chi connectivity index (χ1) is 12.1. The summed E-state index contributed by atoms with van der Waals surface area (Å²) in [4.78, 5) is 16.8. The zero-order valence-electron chi connectivity index (χ0n) is 14.5. The fraction of sp³-hybridized carbons (Fsp3) is 0.526. The molecule has 2 heterocycles. The molecule has 1 atom stereocenters. The van der Waals surface area contributed by atoms with Crippen molar-refractivity contribution in [3.05, 3.63) is 41.9 Å². The Bertz CT molecular complexity index is 733. The molecule has 1 unspecified atom stereocenters. The number of aromatic nitrogens is 2. The lowest BCUT2D eigenvalue weighted by atomic mass is 9.86. The van der Waals surface area contributed by atoms with E-state index in [0.29, 0.717) is 11.7 Å². The van der Waals surface area contributed by atoms with E-state index in [1.54, 1.807) is 6.20 Å². The van der Waals surface area contributed by atoms with Crippen LogP contribution in [0.5, 0.6) is 0 Å². The third kappa shape index (κ3) is 3.52. The van der Waals surface area contributed by atoms with E-state index in [-0.39, 0.29) is 17.5 Å². The molecule has 0 spiro atoms. The molecule has 2 aliphatic rings. The van der Waals surface area contributed by atoms with Gasteiger partial charge >= 0.3 is 6.03 Å². The largest absolute Gasteiger partial charge is 0.359 e. The summed E-state index contributed by atoms with van der Waals surface area (Å²) in [6.45, 7) is 2.20. The summed E-state index contributed by atoms with van der Waals surface area (Å²) < 4.78 is 5.50. The van der Waals surface area contributed by atoms with Crippen molar-refractivity contribution in [1.29, 1.82) is 0 Å². The number of rotatable bonds is 5. The van der Waals surface area contributed by atoms with Gasteiger partial charge in [-0.25, -0.2) is 4.79 Å². The van der Waals surface area contributed by atoms with E-state index in [1.807, 2.05) is 24.3 Å². The zero-order valence-corrected chi connectivity index (χ0v) is 14.5. The van der Waals surface area contributed by atoms with Crippen LogP contribution in [-0.4, -0.2) is 16.2 Å². The minimum atomic E-state index is -0.265. The molecule has 6 heteroatoms. The average Bonchev–Trinajstić information content (AvgIpc) is 3.18. The van der Waals surface area contributed by atoms with Crippen LogP contribution in [0, 0.1) is 5.92 Å². The van der Waals surface area contributed by atoms with Gasteiger partial charge in [0, 0.05) is 17.7 Å². The van der Waals surface area contributed by atoms with Crippen LogP contribution in [0.3, 0.4) is 0 Å². The Morgan fingerprint density at radius 2 is 2.12 bits per heavy atom. The fourth-order valence-corrected chi connectivity index (χ4v) is 3.74. The molecule has 2 fully saturated rings. The number of urea groups is 1. The van der Waals surface area contributed by atoms with Crippen molar-refractivity contribution in [3.8, 4) is 0 Å².